The third-order valence-corrected chi connectivity index (χ3v) is 4.16. The maximum Gasteiger partial charge on any atom is 0.310 e. The van der Waals surface area contributed by atoms with Gasteiger partial charge in [0.2, 0.25) is 5.78 Å². The molecule has 2 aromatic heterocycles. The number of hydrogen-bond acceptors (Lipinski definition) is 4. The second-order valence-electron chi connectivity index (χ2n) is 4.81. The topological polar surface area (TPSA) is 65.6 Å². The highest BCUT2D eigenvalue weighted by molar-refractivity contribution is 6.42. The first-order valence-corrected chi connectivity index (χ1v) is 7.10. The lowest BCUT2D eigenvalue weighted by Crippen LogP contribution is -2.25. The van der Waals surface area contributed by atoms with Gasteiger partial charge in [-0.05, 0) is 12.1 Å². The van der Waals surface area contributed by atoms with Crippen molar-refractivity contribution in [2.75, 3.05) is 7.11 Å². The molecule has 22 heavy (non-hydrogen) atoms. The zero-order valence-electron chi connectivity index (χ0n) is 11.8. The van der Waals surface area contributed by atoms with Gasteiger partial charge in [0.05, 0.1) is 34.6 Å². The van der Waals surface area contributed by atoms with E-state index in [1.807, 2.05) is 0 Å². The summed E-state index contributed by atoms with van der Waals surface area (Å²) in [6, 6.07) is 3.31. The van der Waals surface area contributed by atoms with E-state index in [4.69, 9.17) is 23.2 Å². The van der Waals surface area contributed by atoms with Gasteiger partial charge >= 0.3 is 5.97 Å². The predicted molar refractivity (Wildman–Crippen MR) is 83.7 cm³/mol. The van der Waals surface area contributed by atoms with E-state index in [0.717, 1.165) is 0 Å². The van der Waals surface area contributed by atoms with Crippen LogP contribution in [0.2, 0.25) is 10.0 Å². The lowest BCUT2D eigenvalue weighted by atomic mass is 10.2. The minimum atomic E-state index is -0.484. The number of carbonyl (C=O) groups excluding carboxylic acids is 1. The molecule has 0 saturated heterocycles. The molecule has 0 aliphatic carbocycles. The number of carbonyl (C=O) groups is 1. The normalized spacial score (nSPS) is 11.3. The van der Waals surface area contributed by atoms with Crippen LogP contribution in [0.5, 0.6) is 0 Å². The van der Waals surface area contributed by atoms with E-state index in [-0.39, 0.29) is 12.0 Å². The molecular formula is C14H11Cl2N3O3. The minimum absolute atomic E-state index is 0.111. The summed E-state index contributed by atoms with van der Waals surface area (Å²) in [6.07, 6.45) is 1.47. The molecule has 114 valence electrons. The minimum Gasteiger partial charge on any atom is -0.469 e. The van der Waals surface area contributed by atoms with Crippen LogP contribution in [0.25, 0.3) is 16.8 Å². The molecule has 0 spiro atoms. The first-order chi connectivity index (χ1) is 10.4. The smallest absolute Gasteiger partial charge is 0.310 e. The number of ether oxygens (including phenoxy) is 1. The monoisotopic (exact) mass is 339 g/mol. The van der Waals surface area contributed by atoms with E-state index in [1.54, 1.807) is 29.8 Å². The van der Waals surface area contributed by atoms with Crippen molar-refractivity contribution in [1.29, 1.82) is 0 Å². The molecular weight excluding hydrogens is 329 g/mol. The Labute approximate surface area is 134 Å². The Hall–Kier alpha value is -2.05. The number of imidazole rings is 1. The number of aromatic nitrogens is 3. The lowest BCUT2D eigenvalue weighted by Gasteiger charge is -2.06. The third-order valence-electron chi connectivity index (χ3n) is 3.44. The van der Waals surface area contributed by atoms with Gasteiger partial charge in [-0.15, -0.1) is 0 Å². The molecule has 0 radical (unpaired) electrons. The molecule has 0 unspecified atom stereocenters. The molecule has 2 heterocycles. The maximum absolute atomic E-state index is 12.3. The van der Waals surface area contributed by atoms with Gasteiger partial charge in [0.15, 0.2) is 0 Å². The first kappa shape index (κ1) is 14.9. The van der Waals surface area contributed by atoms with E-state index in [0.29, 0.717) is 32.4 Å². The first-order valence-electron chi connectivity index (χ1n) is 6.35. The molecule has 0 fully saturated rings. The summed E-state index contributed by atoms with van der Waals surface area (Å²) in [4.78, 5) is 28.1. The summed E-state index contributed by atoms with van der Waals surface area (Å²) in [5.41, 5.74) is 1.32. The summed E-state index contributed by atoms with van der Waals surface area (Å²) in [5.74, 6) is -0.0473. The lowest BCUT2D eigenvalue weighted by molar-refractivity contribution is -0.139. The summed E-state index contributed by atoms with van der Waals surface area (Å²) < 4.78 is 7.70. The van der Waals surface area contributed by atoms with Crippen molar-refractivity contribution < 1.29 is 9.53 Å². The van der Waals surface area contributed by atoms with E-state index >= 15 is 0 Å². The molecule has 0 atom stereocenters. The van der Waals surface area contributed by atoms with Crippen molar-refractivity contribution in [1.82, 2.24) is 14.0 Å². The van der Waals surface area contributed by atoms with Crippen molar-refractivity contribution in [2.45, 2.75) is 6.42 Å². The molecule has 0 bridgehead atoms. The molecule has 0 aliphatic rings. The van der Waals surface area contributed by atoms with Gasteiger partial charge in [-0.2, -0.15) is 0 Å². The number of benzene rings is 1. The fraction of sp³-hybridized carbons (Fsp3) is 0.214. The molecule has 3 rings (SSSR count). The number of hydrogen-bond donors (Lipinski definition) is 0. The predicted octanol–water partition coefficient (Wildman–Crippen LogP) is 2.21. The number of esters is 1. The number of aryl methyl sites for hydroxylation is 1. The Balaban J connectivity index is 2.35. The van der Waals surface area contributed by atoms with Gasteiger partial charge in [-0.25, -0.2) is 4.98 Å². The fourth-order valence-electron chi connectivity index (χ4n) is 2.31. The van der Waals surface area contributed by atoms with E-state index in [9.17, 15) is 9.59 Å². The van der Waals surface area contributed by atoms with Gasteiger partial charge in [0, 0.05) is 18.8 Å². The highest BCUT2D eigenvalue weighted by Gasteiger charge is 2.15. The van der Waals surface area contributed by atoms with Crippen molar-refractivity contribution in [3.05, 3.63) is 44.3 Å². The number of rotatable bonds is 2. The molecule has 0 N–H and O–H groups in total. The quantitative estimate of drug-likeness (QED) is 0.671. The Kier molecular flexibility index (Phi) is 3.58. The second-order valence-corrected chi connectivity index (χ2v) is 5.62. The van der Waals surface area contributed by atoms with Gasteiger partial charge < -0.3 is 4.74 Å². The molecule has 8 heteroatoms. The Bertz CT molecular complexity index is 975. The number of nitrogens with zero attached hydrogens (tertiary/aromatic N) is 3. The highest BCUT2D eigenvalue weighted by atomic mass is 35.5. The summed E-state index contributed by atoms with van der Waals surface area (Å²) in [6.45, 7) is 0. The van der Waals surface area contributed by atoms with E-state index in [2.05, 4.69) is 9.72 Å². The van der Waals surface area contributed by atoms with Crippen LogP contribution < -0.4 is 5.56 Å². The van der Waals surface area contributed by atoms with Crippen LogP contribution in [0.3, 0.4) is 0 Å². The molecule has 0 saturated carbocycles. The van der Waals surface area contributed by atoms with Crippen LogP contribution in [0, 0.1) is 0 Å². The molecule has 0 aliphatic heterocycles. The number of halogens is 2. The zero-order chi connectivity index (χ0) is 16.0. The summed E-state index contributed by atoms with van der Waals surface area (Å²) in [7, 11) is 2.87. The van der Waals surface area contributed by atoms with Crippen LogP contribution in [-0.2, 0) is 23.0 Å². The zero-order valence-corrected chi connectivity index (χ0v) is 13.3. The Morgan fingerprint density at radius 1 is 1.32 bits per heavy atom. The number of methoxy groups -OCH3 is 1. The van der Waals surface area contributed by atoms with Gasteiger partial charge in [0.25, 0.3) is 5.56 Å². The third kappa shape index (κ3) is 2.24. The van der Waals surface area contributed by atoms with Crippen LogP contribution in [0.15, 0.2) is 23.1 Å². The Morgan fingerprint density at radius 3 is 2.68 bits per heavy atom. The van der Waals surface area contributed by atoms with Crippen molar-refractivity contribution >= 4 is 46.0 Å². The van der Waals surface area contributed by atoms with Gasteiger partial charge in [-0.1, -0.05) is 23.2 Å². The van der Waals surface area contributed by atoms with Crippen molar-refractivity contribution in [3.8, 4) is 0 Å². The van der Waals surface area contributed by atoms with E-state index in [1.165, 1.54) is 11.7 Å². The molecule has 3 aromatic rings. The highest BCUT2D eigenvalue weighted by Crippen LogP contribution is 2.28. The van der Waals surface area contributed by atoms with E-state index < -0.39 is 5.97 Å². The standard InChI is InChI=1S/C14H11Cl2N3O3/c1-18-13(21)7(3-12(20)22-2)6-19-11-5-9(16)8(15)4-10(11)17-14(18)19/h4-6H,3H2,1-2H3. The van der Waals surface area contributed by atoms with Gasteiger partial charge in [-0.3, -0.25) is 18.6 Å². The molecule has 0 amide bonds. The Morgan fingerprint density at radius 2 is 2.00 bits per heavy atom. The van der Waals surface area contributed by atoms with Crippen molar-refractivity contribution in [2.24, 2.45) is 7.05 Å². The SMILES string of the molecule is COC(=O)Cc1cn2c3cc(Cl)c(Cl)cc3nc2n(C)c1=O. The molecule has 6 nitrogen and oxygen atoms in total. The van der Waals surface area contributed by atoms with Crippen LogP contribution in [0.4, 0.5) is 0 Å². The number of fused-ring (bicyclic) bond motifs is 3. The second kappa shape index (κ2) is 5.30. The van der Waals surface area contributed by atoms with Crippen molar-refractivity contribution in [3.63, 3.8) is 0 Å². The average molecular weight is 340 g/mol. The van der Waals surface area contributed by atoms with Crippen LogP contribution >= 0.6 is 23.2 Å². The molecule has 1 aromatic carbocycles. The summed E-state index contributed by atoms with van der Waals surface area (Å²) >= 11 is 12.0. The van der Waals surface area contributed by atoms with Crippen LogP contribution in [0.1, 0.15) is 5.56 Å². The largest absolute Gasteiger partial charge is 0.469 e. The summed E-state index contributed by atoms with van der Waals surface area (Å²) in [5, 5.41) is 0.775. The van der Waals surface area contributed by atoms with Gasteiger partial charge in [0.1, 0.15) is 0 Å². The van der Waals surface area contributed by atoms with Crippen LogP contribution in [-0.4, -0.2) is 27.0 Å². The average Bonchev–Trinajstić information content (AvgIpc) is 2.83. The maximum atomic E-state index is 12.3. The fourth-order valence-corrected chi connectivity index (χ4v) is 2.62.